The van der Waals surface area contributed by atoms with Crippen LogP contribution in [-0.4, -0.2) is 11.6 Å². The van der Waals surface area contributed by atoms with E-state index in [0.717, 1.165) is 35.4 Å². The van der Waals surface area contributed by atoms with Gasteiger partial charge in [0.25, 0.3) is 0 Å². The van der Waals surface area contributed by atoms with E-state index in [1.54, 1.807) is 12.1 Å². The number of dihydropyridines is 1. The molecular formula is C30H31Cl2NO3. The van der Waals surface area contributed by atoms with Crippen LogP contribution < -0.4 is 10.1 Å². The lowest BCUT2D eigenvalue weighted by Crippen LogP contribution is -2.42. The molecule has 0 amide bonds. The zero-order valence-electron chi connectivity index (χ0n) is 21.1. The van der Waals surface area contributed by atoms with Gasteiger partial charge in [0.2, 0.25) is 0 Å². The molecule has 36 heavy (non-hydrogen) atoms. The molecule has 1 N–H and O–H groups in total. The van der Waals surface area contributed by atoms with E-state index < -0.39 is 5.92 Å². The van der Waals surface area contributed by atoms with Crippen LogP contribution in [0, 0.1) is 10.8 Å². The van der Waals surface area contributed by atoms with Crippen molar-refractivity contribution in [2.45, 2.75) is 65.9 Å². The Bertz CT molecular complexity index is 1280. The fourth-order valence-electron chi connectivity index (χ4n) is 5.84. The summed E-state index contributed by atoms with van der Waals surface area (Å²) >= 11 is 12.3. The van der Waals surface area contributed by atoms with E-state index in [0.29, 0.717) is 46.4 Å². The van der Waals surface area contributed by atoms with Gasteiger partial charge in [0, 0.05) is 46.9 Å². The van der Waals surface area contributed by atoms with E-state index in [9.17, 15) is 9.59 Å². The highest BCUT2D eigenvalue weighted by molar-refractivity contribution is 6.42. The summed E-state index contributed by atoms with van der Waals surface area (Å²) < 4.78 is 6.29. The van der Waals surface area contributed by atoms with Crippen molar-refractivity contribution >= 4 is 34.8 Å². The third kappa shape index (κ3) is 4.73. The quantitative estimate of drug-likeness (QED) is 0.449. The SMILES string of the molecule is CC1(C)CC(=O)C2=C(C1)NC1=C(C(=O)CC(C)(C)C1)C2c1ccccc1OCc1ccc(Cl)c(Cl)c1. The van der Waals surface area contributed by atoms with Gasteiger partial charge in [-0.25, -0.2) is 0 Å². The zero-order valence-corrected chi connectivity index (χ0v) is 22.6. The highest BCUT2D eigenvalue weighted by Crippen LogP contribution is 2.52. The molecule has 0 aromatic heterocycles. The molecule has 4 nitrogen and oxygen atoms in total. The first-order chi connectivity index (χ1) is 16.9. The molecule has 0 bridgehead atoms. The fraction of sp³-hybridized carbons (Fsp3) is 0.400. The van der Waals surface area contributed by atoms with E-state index in [4.69, 9.17) is 27.9 Å². The number of carbonyl (C=O) groups is 2. The molecule has 0 atom stereocenters. The predicted octanol–water partition coefficient (Wildman–Crippen LogP) is 7.55. The monoisotopic (exact) mass is 523 g/mol. The number of rotatable bonds is 4. The molecule has 0 radical (unpaired) electrons. The number of Topliss-reactive ketones (excluding diaryl/α,β-unsaturated/α-hetero) is 2. The van der Waals surface area contributed by atoms with Crippen molar-refractivity contribution < 1.29 is 14.3 Å². The molecule has 188 valence electrons. The number of allylic oxidation sites excluding steroid dienone is 4. The second kappa shape index (κ2) is 9.08. The minimum absolute atomic E-state index is 0.0993. The minimum Gasteiger partial charge on any atom is -0.489 e. The van der Waals surface area contributed by atoms with E-state index in [-0.39, 0.29) is 22.4 Å². The number of hydrogen-bond acceptors (Lipinski definition) is 4. The van der Waals surface area contributed by atoms with E-state index >= 15 is 0 Å². The Labute approximate surface area is 222 Å². The second-order valence-electron chi connectivity index (χ2n) is 11.8. The highest BCUT2D eigenvalue weighted by Gasteiger charge is 2.47. The summed E-state index contributed by atoms with van der Waals surface area (Å²) in [6, 6.07) is 13.2. The van der Waals surface area contributed by atoms with Crippen LogP contribution in [0.25, 0.3) is 0 Å². The number of para-hydroxylation sites is 1. The zero-order chi connectivity index (χ0) is 25.8. The summed E-state index contributed by atoms with van der Waals surface area (Å²) in [4.78, 5) is 27.2. The molecule has 3 aliphatic rings. The van der Waals surface area contributed by atoms with Crippen LogP contribution in [0.2, 0.25) is 10.0 Å². The summed E-state index contributed by atoms with van der Waals surface area (Å²) in [5.41, 5.74) is 4.79. The van der Waals surface area contributed by atoms with Gasteiger partial charge in [0.15, 0.2) is 11.6 Å². The molecule has 6 heteroatoms. The number of hydrogen-bond donors (Lipinski definition) is 1. The van der Waals surface area contributed by atoms with E-state index in [1.807, 2.05) is 30.3 Å². The molecule has 2 aromatic carbocycles. The van der Waals surface area contributed by atoms with Crippen molar-refractivity contribution in [3.05, 3.63) is 86.2 Å². The van der Waals surface area contributed by atoms with Crippen LogP contribution in [0.3, 0.4) is 0 Å². The van der Waals surface area contributed by atoms with Gasteiger partial charge in [-0.15, -0.1) is 0 Å². The Kier molecular flexibility index (Phi) is 6.33. The maximum atomic E-state index is 13.6. The van der Waals surface area contributed by atoms with Gasteiger partial charge in [-0.1, -0.05) is 75.2 Å². The van der Waals surface area contributed by atoms with Crippen molar-refractivity contribution in [1.29, 1.82) is 0 Å². The van der Waals surface area contributed by atoms with Crippen molar-refractivity contribution in [2.75, 3.05) is 0 Å². The molecule has 0 unspecified atom stereocenters. The Morgan fingerprint density at radius 2 is 1.42 bits per heavy atom. The third-order valence-electron chi connectivity index (χ3n) is 7.33. The summed E-state index contributed by atoms with van der Waals surface area (Å²) in [7, 11) is 0. The average molecular weight is 524 g/mol. The Morgan fingerprint density at radius 3 is 2.00 bits per heavy atom. The van der Waals surface area contributed by atoms with Crippen LogP contribution in [0.5, 0.6) is 5.75 Å². The van der Waals surface area contributed by atoms with Gasteiger partial charge in [0.1, 0.15) is 12.4 Å². The van der Waals surface area contributed by atoms with Gasteiger partial charge in [-0.3, -0.25) is 9.59 Å². The number of carbonyl (C=O) groups excluding carboxylic acids is 2. The fourth-order valence-corrected chi connectivity index (χ4v) is 6.16. The normalized spacial score (nSPS) is 21.2. The molecule has 0 saturated carbocycles. The molecule has 1 aliphatic heterocycles. The number of benzene rings is 2. The van der Waals surface area contributed by atoms with Gasteiger partial charge in [0.05, 0.1) is 10.0 Å². The molecule has 2 aromatic rings. The first-order valence-electron chi connectivity index (χ1n) is 12.4. The van der Waals surface area contributed by atoms with Crippen molar-refractivity contribution in [1.82, 2.24) is 5.32 Å². The predicted molar refractivity (Wildman–Crippen MR) is 143 cm³/mol. The van der Waals surface area contributed by atoms with E-state index in [2.05, 4.69) is 33.0 Å². The maximum absolute atomic E-state index is 13.6. The number of nitrogens with one attached hydrogen (secondary N) is 1. The summed E-state index contributed by atoms with van der Waals surface area (Å²) in [5, 5.41) is 4.53. The Morgan fingerprint density at radius 1 is 0.833 bits per heavy atom. The first-order valence-corrected chi connectivity index (χ1v) is 13.1. The number of ketones is 2. The third-order valence-corrected chi connectivity index (χ3v) is 8.07. The first kappa shape index (κ1) is 25.1. The lowest BCUT2D eigenvalue weighted by atomic mass is 9.64. The minimum atomic E-state index is -0.437. The largest absolute Gasteiger partial charge is 0.489 e. The standard InChI is InChI=1S/C30H31Cl2NO3/c1-29(2)12-21-27(23(34)14-29)26(28-22(33-21)13-30(3,4)15-24(28)35)18-7-5-6-8-25(18)36-16-17-9-10-19(31)20(32)11-17/h5-11,26,33H,12-16H2,1-4H3. The van der Waals surface area contributed by atoms with Gasteiger partial charge in [-0.05, 0) is 47.4 Å². The lowest BCUT2D eigenvalue weighted by molar-refractivity contribution is -0.119. The van der Waals surface area contributed by atoms with Gasteiger partial charge < -0.3 is 10.1 Å². The molecule has 5 rings (SSSR count). The average Bonchev–Trinajstić information content (AvgIpc) is 2.77. The molecule has 0 spiro atoms. The van der Waals surface area contributed by atoms with Crippen molar-refractivity contribution in [3.63, 3.8) is 0 Å². The highest BCUT2D eigenvalue weighted by atomic mass is 35.5. The second-order valence-corrected chi connectivity index (χ2v) is 12.6. The summed E-state index contributed by atoms with van der Waals surface area (Å²) in [5.74, 6) is 0.419. The lowest BCUT2D eigenvalue weighted by Gasteiger charge is -2.44. The van der Waals surface area contributed by atoms with Crippen LogP contribution in [-0.2, 0) is 16.2 Å². The van der Waals surface area contributed by atoms with Gasteiger partial charge in [-0.2, -0.15) is 0 Å². The Balaban J connectivity index is 1.60. The Hall–Kier alpha value is -2.56. The van der Waals surface area contributed by atoms with Crippen LogP contribution in [0.4, 0.5) is 0 Å². The smallest absolute Gasteiger partial charge is 0.162 e. The molecule has 0 saturated heterocycles. The molecule has 1 heterocycles. The van der Waals surface area contributed by atoms with E-state index in [1.165, 1.54) is 0 Å². The van der Waals surface area contributed by atoms with Gasteiger partial charge >= 0.3 is 0 Å². The maximum Gasteiger partial charge on any atom is 0.162 e. The summed E-state index contributed by atoms with van der Waals surface area (Å²) in [6.45, 7) is 8.79. The topological polar surface area (TPSA) is 55.4 Å². The van der Waals surface area contributed by atoms with Crippen molar-refractivity contribution in [3.8, 4) is 5.75 Å². The molecule has 0 fully saturated rings. The van der Waals surface area contributed by atoms with Crippen molar-refractivity contribution in [2.24, 2.45) is 10.8 Å². The van der Waals surface area contributed by atoms with Crippen LogP contribution in [0.1, 0.15) is 70.4 Å². The molecule has 2 aliphatic carbocycles. The van der Waals surface area contributed by atoms with Crippen LogP contribution >= 0.6 is 23.2 Å². The molecular weight excluding hydrogens is 493 g/mol. The number of ether oxygens (including phenoxy) is 1. The number of halogens is 2. The summed E-state index contributed by atoms with van der Waals surface area (Å²) in [6.07, 6.45) is 2.45. The van der Waals surface area contributed by atoms with Crippen LogP contribution in [0.15, 0.2) is 65.0 Å².